The van der Waals surface area contributed by atoms with Gasteiger partial charge in [0.15, 0.2) is 0 Å². The van der Waals surface area contributed by atoms with E-state index in [1.54, 1.807) is 6.07 Å². The molecule has 0 radical (unpaired) electrons. The first-order valence-electron chi connectivity index (χ1n) is 6.42. The number of nitrogens with zero attached hydrogens (tertiary/aromatic N) is 2. The van der Waals surface area contributed by atoms with Crippen LogP contribution < -0.4 is 0 Å². The van der Waals surface area contributed by atoms with Gasteiger partial charge in [-0.05, 0) is 67.1 Å². The van der Waals surface area contributed by atoms with Crippen LogP contribution in [0.15, 0.2) is 22.7 Å². The van der Waals surface area contributed by atoms with Crippen molar-refractivity contribution in [2.24, 2.45) is 0 Å². The summed E-state index contributed by atoms with van der Waals surface area (Å²) in [6.07, 6.45) is 2.56. The normalized spacial score (nSPS) is 21.4. The Morgan fingerprint density at radius 2 is 2.22 bits per heavy atom. The molecule has 1 fully saturated rings. The minimum absolute atomic E-state index is 0.309. The fourth-order valence-electron chi connectivity index (χ4n) is 2.50. The third-order valence-corrected chi connectivity index (χ3v) is 4.26. The van der Waals surface area contributed by atoms with Crippen molar-refractivity contribution >= 4 is 15.9 Å². The van der Waals surface area contributed by atoms with Gasteiger partial charge in [0, 0.05) is 19.1 Å². The third-order valence-electron chi connectivity index (χ3n) is 3.63. The molecule has 2 rings (SSSR count). The van der Waals surface area contributed by atoms with Crippen LogP contribution in [0.5, 0.6) is 5.75 Å². The Morgan fingerprint density at radius 1 is 1.44 bits per heavy atom. The highest BCUT2D eigenvalue weighted by molar-refractivity contribution is 9.10. The predicted molar refractivity (Wildman–Crippen MR) is 77.8 cm³/mol. The zero-order chi connectivity index (χ0) is 13.1. The number of likely N-dealkylation sites (N-methyl/N-ethyl adjacent to an activating group) is 1. The summed E-state index contributed by atoms with van der Waals surface area (Å²) >= 11 is 3.37. The fraction of sp³-hybridized carbons (Fsp3) is 0.571. The Kier molecular flexibility index (Phi) is 4.65. The number of hydrogen-bond donors (Lipinski definition) is 1. The Balaban J connectivity index is 1.98. The lowest BCUT2D eigenvalue weighted by Crippen LogP contribution is -2.44. The molecule has 1 aromatic rings. The molecule has 1 aliphatic heterocycles. The fourth-order valence-corrected chi connectivity index (χ4v) is 2.93. The maximum absolute atomic E-state index is 9.50. The number of likely N-dealkylation sites (tertiary alicyclic amines) is 1. The Hall–Kier alpha value is -0.580. The average Bonchev–Trinajstić information content (AvgIpc) is 2.34. The van der Waals surface area contributed by atoms with Crippen LogP contribution in [0.25, 0.3) is 0 Å². The lowest BCUT2D eigenvalue weighted by molar-refractivity contribution is 0.128. The van der Waals surface area contributed by atoms with Crippen molar-refractivity contribution in [2.45, 2.75) is 25.4 Å². The standard InChI is InChI=1S/C14H21BrN2O/c1-16(2)12-4-3-7-17(10-12)9-11-5-6-14(18)13(15)8-11/h5-6,8,12,18H,3-4,7,9-10H2,1-2H3. The molecular weight excluding hydrogens is 292 g/mol. The van der Waals surface area contributed by atoms with Crippen molar-refractivity contribution in [1.82, 2.24) is 9.80 Å². The maximum atomic E-state index is 9.50. The van der Waals surface area contributed by atoms with Crippen molar-refractivity contribution in [3.05, 3.63) is 28.2 Å². The van der Waals surface area contributed by atoms with E-state index in [0.717, 1.165) is 17.6 Å². The number of halogens is 1. The van der Waals surface area contributed by atoms with Gasteiger partial charge in [-0.15, -0.1) is 0 Å². The molecule has 0 spiro atoms. The van der Waals surface area contributed by atoms with Crippen LogP contribution in [-0.2, 0) is 6.54 Å². The van der Waals surface area contributed by atoms with Crippen molar-refractivity contribution in [2.75, 3.05) is 27.2 Å². The molecule has 0 bridgehead atoms. The molecule has 3 nitrogen and oxygen atoms in total. The summed E-state index contributed by atoms with van der Waals surface area (Å²) in [6, 6.07) is 6.43. The van der Waals surface area contributed by atoms with E-state index in [0.29, 0.717) is 11.8 Å². The third kappa shape index (κ3) is 3.46. The van der Waals surface area contributed by atoms with E-state index < -0.39 is 0 Å². The number of phenols is 1. The van der Waals surface area contributed by atoms with Gasteiger partial charge >= 0.3 is 0 Å². The van der Waals surface area contributed by atoms with Gasteiger partial charge in [0.1, 0.15) is 5.75 Å². The topological polar surface area (TPSA) is 26.7 Å². The smallest absolute Gasteiger partial charge is 0.129 e. The van der Waals surface area contributed by atoms with E-state index in [2.05, 4.69) is 39.8 Å². The summed E-state index contributed by atoms with van der Waals surface area (Å²) in [5.74, 6) is 0.309. The molecule has 0 aliphatic carbocycles. The van der Waals surface area contributed by atoms with Gasteiger partial charge < -0.3 is 10.0 Å². The molecule has 1 saturated heterocycles. The monoisotopic (exact) mass is 312 g/mol. The number of hydrogen-bond acceptors (Lipinski definition) is 3. The zero-order valence-corrected chi connectivity index (χ0v) is 12.7. The second-order valence-electron chi connectivity index (χ2n) is 5.28. The summed E-state index contributed by atoms with van der Waals surface area (Å²) in [4.78, 5) is 4.81. The first kappa shape index (κ1) is 13.8. The van der Waals surface area contributed by atoms with E-state index in [1.807, 2.05) is 12.1 Å². The summed E-state index contributed by atoms with van der Waals surface area (Å²) in [6.45, 7) is 3.26. The molecule has 100 valence electrons. The molecule has 1 N–H and O–H groups in total. The van der Waals surface area contributed by atoms with Crippen molar-refractivity contribution < 1.29 is 5.11 Å². The Morgan fingerprint density at radius 3 is 2.89 bits per heavy atom. The molecular formula is C14H21BrN2O. The van der Waals surface area contributed by atoms with E-state index >= 15 is 0 Å². The highest BCUT2D eigenvalue weighted by Crippen LogP contribution is 2.25. The van der Waals surface area contributed by atoms with Gasteiger partial charge in [-0.2, -0.15) is 0 Å². The van der Waals surface area contributed by atoms with Crippen LogP contribution in [-0.4, -0.2) is 48.1 Å². The molecule has 4 heteroatoms. The van der Waals surface area contributed by atoms with E-state index in [1.165, 1.54) is 24.9 Å². The maximum Gasteiger partial charge on any atom is 0.129 e. The van der Waals surface area contributed by atoms with Crippen LogP contribution in [0.4, 0.5) is 0 Å². The molecule has 1 unspecified atom stereocenters. The van der Waals surface area contributed by atoms with E-state index in [4.69, 9.17) is 0 Å². The van der Waals surface area contributed by atoms with Crippen LogP contribution in [0.2, 0.25) is 0 Å². The van der Waals surface area contributed by atoms with Gasteiger partial charge in [-0.3, -0.25) is 4.90 Å². The van der Waals surface area contributed by atoms with Crippen LogP contribution >= 0.6 is 15.9 Å². The molecule has 0 aromatic heterocycles. The molecule has 0 amide bonds. The molecule has 1 atom stereocenters. The minimum atomic E-state index is 0.309. The highest BCUT2D eigenvalue weighted by atomic mass is 79.9. The summed E-state index contributed by atoms with van der Waals surface area (Å²) in [5, 5.41) is 9.50. The van der Waals surface area contributed by atoms with Gasteiger partial charge in [-0.1, -0.05) is 6.07 Å². The lowest BCUT2D eigenvalue weighted by atomic mass is 10.0. The Labute approximate surface area is 118 Å². The summed E-state index contributed by atoms with van der Waals surface area (Å²) in [5.41, 5.74) is 1.25. The number of piperidine rings is 1. The number of rotatable bonds is 3. The Bertz CT molecular complexity index is 409. The molecule has 18 heavy (non-hydrogen) atoms. The van der Waals surface area contributed by atoms with E-state index in [-0.39, 0.29) is 0 Å². The quantitative estimate of drug-likeness (QED) is 0.929. The van der Waals surface area contributed by atoms with Crippen LogP contribution in [0.3, 0.4) is 0 Å². The van der Waals surface area contributed by atoms with Crippen molar-refractivity contribution in [1.29, 1.82) is 0 Å². The summed E-state index contributed by atoms with van der Waals surface area (Å²) in [7, 11) is 4.32. The number of phenolic OH excluding ortho intramolecular Hbond substituents is 1. The van der Waals surface area contributed by atoms with Gasteiger partial charge in [0.05, 0.1) is 4.47 Å². The molecule has 1 aromatic carbocycles. The zero-order valence-electron chi connectivity index (χ0n) is 11.1. The predicted octanol–water partition coefficient (Wildman–Crippen LogP) is 2.68. The van der Waals surface area contributed by atoms with Crippen LogP contribution in [0.1, 0.15) is 18.4 Å². The van der Waals surface area contributed by atoms with Crippen molar-refractivity contribution in [3.63, 3.8) is 0 Å². The second-order valence-corrected chi connectivity index (χ2v) is 6.13. The number of benzene rings is 1. The minimum Gasteiger partial charge on any atom is -0.507 e. The molecule has 1 heterocycles. The highest BCUT2D eigenvalue weighted by Gasteiger charge is 2.21. The largest absolute Gasteiger partial charge is 0.507 e. The lowest BCUT2D eigenvalue weighted by Gasteiger charge is -2.36. The van der Waals surface area contributed by atoms with Gasteiger partial charge in [0.2, 0.25) is 0 Å². The van der Waals surface area contributed by atoms with Crippen LogP contribution in [0, 0.1) is 0 Å². The number of aromatic hydroxyl groups is 1. The molecule has 0 saturated carbocycles. The average molecular weight is 313 g/mol. The SMILES string of the molecule is CN(C)C1CCCN(Cc2ccc(O)c(Br)c2)C1. The van der Waals surface area contributed by atoms with Gasteiger partial charge in [0.25, 0.3) is 0 Å². The second kappa shape index (κ2) is 6.04. The molecule has 1 aliphatic rings. The summed E-state index contributed by atoms with van der Waals surface area (Å²) < 4.78 is 0.779. The van der Waals surface area contributed by atoms with E-state index in [9.17, 15) is 5.11 Å². The van der Waals surface area contributed by atoms with Crippen molar-refractivity contribution in [3.8, 4) is 5.75 Å². The first-order chi connectivity index (χ1) is 8.56. The first-order valence-corrected chi connectivity index (χ1v) is 7.21. The van der Waals surface area contributed by atoms with Gasteiger partial charge in [-0.25, -0.2) is 0 Å².